The quantitative estimate of drug-likeness (QED) is 0.132. The molecule has 3 aromatic heterocycles. The van der Waals surface area contributed by atoms with Crippen LogP contribution in [0.3, 0.4) is 0 Å². The Morgan fingerprint density at radius 3 is 2.11 bits per heavy atom. The third kappa shape index (κ3) is 7.13. The summed E-state index contributed by atoms with van der Waals surface area (Å²) in [4.78, 5) is 9.15. The standard InChI is InChI=1S/C27H22NO.C14H16NSi.Ir/c1-27(2,3)19-15-16-28-24(17-19)23-14-8-13-22-21-12-7-11-20(25(21)29-26(22)23)18-9-5-4-6-10-18;1-16(2,3)13-9-10-14(15-11-13)12-7-5-4-6-8-12;/h4-13,15-17H,1-3H3;4-7,9-11H,1-3H3;/q2*-1;. The molecule has 0 aliphatic rings. The number of pyridine rings is 2. The van der Waals surface area contributed by atoms with Crippen molar-refractivity contribution in [3.8, 4) is 33.6 Å². The largest absolute Gasteiger partial charge is 0.500 e. The average Bonchev–Trinajstić information content (AvgIpc) is 3.44. The number of aromatic nitrogens is 2. The molecule has 7 rings (SSSR count). The van der Waals surface area contributed by atoms with Crippen molar-refractivity contribution in [3.05, 3.63) is 139 Å². The van der Waals surface area contributed by atoms with Crippen LogP contribution in [-0.4, -0.2) is 18.0 Å². The van der Waals surface area contributed by atoms with Crippen LogP contribution < -0.4 is 5.19 Å². The molecule has 0 bridgehead atoms. The molecule has 1 radical (unpaired) electrons. The molecule has 0 aliphatic heterocycles. The first-order valence-corrected chi connectivity index (χ1v) is 18.9. The van der Waals surface area contributed by atoms with Crippen molar-refractivity contribution in [2.24, 2.45) is 0 Å². The van der Waals surface area contributed by atoms with E-state index in [1.54, 1.807) is 0 Å². The molecule has 0 N–H and O–H groups in total. The molecule has 4 aromatic carbocycles. The molecule has 0 fully saturated rings. The predicted molar refractivity (Wildman–Crippen MR) is 191 cm³/mol. The van der Waals surface area contributed by atoms with Gasteiger partial charge < -0.3 is 14.4 Å². The minimum absolute atomic E-state index is 0. The van der Waals surface area contributed by atoms with E-state index < -0.39 is 8.07 Å². The van der Waals surface area contributed by atoms with Crippen LogP contribution in [0.15, 0.2) is 126 Å². The van der Waals surface area contributed by atoms with Crippen LogP contribution in [0.1, 0.15) is 26.3 Å². The third-order valence-corrected chi connectivity index (χ3v) is 10.1. The summed E-state index contributed by atoms with van der Waals surface area (Å²) >= 11 is 0. The number of nitrogens with zero attached hydrogens (tertiary/aromatic N) is 2. The summed E-state index contributed by atoms with van der Waals surface area (Å²) in [6.45, 7) is 13.6. The van der Waals surface area contributed by atoms with Gasteiger partial charge in [0.2, 0.25) is 0 Å². The summed E-state index contributed by atoms with van der Waals surface area (Å²) in [6, 6.07) is 43.8. The maximum atomic E-state index is 6.48. The summed E-state index contributed by atoms with van der Waals surface area (Å²) in [7, 11) is -1.23. The van der Waals surface area contributed by atoms with E-state index in [0.29, 0.717) is 0 Å². The van der Waals surface area contributed by atoms with Gasteiger partial charge in [0.15, 0.2) is 0 Å². The normalized spacial score (nSPS) is 11.5. The fraction of sp³-hybridized carbons (Fsp3) is 0.171. The van der Waals surface area contributed by atoms with Crippen LogP contribution >= 0.6 is 0 Å². The van der Waals surface area contributed by atoms with Crippen molar-refractivity contribution < 1.29 is 24.5 Å². The first-order valence-electron chi connectivity index (χ1n) is 15.4. The van der Waals surface area contributed by atoms with E-state index in [-0.39, 0.29) is 25.5 Å². The Hall–Kier alpha value is -4.15. The second-order valence-electron chi connectivity index (χ2n) is 13.4. The van der Waals surface area contributed by atoms with Crippen molar-refractivity contribution in [2.75, 3.05) is 0 Å². The summed E-state index contributed by atoms with van der Waals surface area (Å²) in [5.41, 5.74) is 9.15. The van der Waals surface area contributed by atoms with Crippen molar-refractivity contribution in [3.63, 3.8) is 0 Å². The summed E-state index contributed by atoms with van der Waals surface area (Å²) < 4.78 is 6.48. The van der Waals surface area contributed by atoms with Crippen LogP contribution in [0.2, 0.25) is 19.6 Å². The number of hydrogen-bond donors (Lipinski definition) is 0. The van der Waals surface area contributed by atoms with Gasteiger partial charge in [-0.25, -0.2) is 0 Å². The van der Waals surface area contributed by atoms with Gasteiger partial charge in [0.1, 0.15) is 5.58 Å². The van der Waals surface area contributed by atoms with Gasteiger partial charge in [0.25, 0.3) is 0 Å². The number of fused-ring (bicyclic) bond motifs is 3. The predicted octanol–water partition coefficient (Wildman–Crippen LogP) is 10.5. The topological polar surface area (TPSA) is 38.9 Å². The number of para-hydroxylation sites is 1. The third-order valence-electron chi connectivity index (χ3n) is 8.04. The van der Waals surface area contributed by atoms with E-state index in [4.69, 9.17) is 4.42 Å². The molecule has 0 aliphatic carbocycles. The number of hydrogen-bond acceptors (Lipinski definition) is 3. The Kier molecular flexibility index (Phi) is 9.88. The molecule has 7 aromatic rings. The number of rotatable bonds is 4. The average molecular weight is 795 g/mol. The van der Waals surface area contributed by atoms with E-state index in [1.807, 2.05) is 48.8 Å². The smallest absolute Gasteiger partial charge is 0.128 e. The Morgan fingerprint density at radius 2 is 1.43 bits per heavy atom. The Balaban J connectivity index is 0.000000209. The molecule has 0 amide bonds. The summed E-state index contributed by atoms with van der Waals surface area (Å²) in [5.74, 6) is 0. The first kappa shape index (κ1) is 33.2. The Labute approximate surface area is 287 Å². The molecular weight excluding hydrogens is 757 g/mol. The molecular formula is C41H38IrN2OSi-2. The number of furan rings is 1. The van der Waals surface area contributed by atoms with Crippen molar-refractivity contribution in [1.29, 1.82) is 0 Å². The van der Waals surface area contributed by atoms with E-state index in [2.05, 4.69) is 135 Å². The van der Waals surface area contributed by atoms with Crippen LogP contribution in [0.4, 0.5) is 0 Å². The first-order chi connectivity index (χ1) is 21.6. The maximum absolute atomic E-state index is 6.48. The van der Waals surface area contributed by atoms with Crippen molar-refractivity contribution in [1.82, 2.24) is 9.97 Å². The van der Waals surface area contributed by atoms with Crippen LogP contribution in [-0.2, 0) is 25.5 Å². The van der Waals surface area contributed by atoms with Crippen molar-refractivity contribution in [2.45, 2.75) is 45.8 Å². The SMILES string of the molecule is CC(C)(C)c1ccnc(-c2[c-]ccc3c2oc2c(-c4ccccc4)cccc23)c1.C[Si](C)(C)c1ccc(-c2[c-]cccc2)nc1.[Ir]. The minimum Gasteiger partial charge on any atom is -0.500 e. The molecule has 3 heterocycles. The van der Waals surface area contributed by atoms with E-state index in [1.165, 1.54) is 10.8 Å². The summed E-state index contributed by atoms with van der Waals surface area (Å²) in [6.07, 6.45) is 3.89. The Bertz CT molecular complexity index is 2060. The van der Waals surface area contributed by atoms with E-state index in [9.17, 15) is 0 Å². The fourth-order valence-corrected chi connectivity index (χ4v) is 6.42. The molecule has 5 heteroatoms. The van der Waals surface area contributed by atoms with E-state index >= 15 is 0 Å². The molecule has 0 saturated heterocycles. The zero-order valence-electron chi connectivity index (χ0n) is 27.2. The zero-order valence-corrected chi connectivity index (χ0v) is 30.6. The number of benzene rings is 4. The Morgan fingerprint density at radius 1 is 0.674 bits per heavy atom. The monoisotopic (exact) mass is 795 g/mol. The van der Waals surface area contributed by atoms with Crippen molar-refractivity contribution >= 4 is 35.2 Å². The van der Waals surface area contributed by atoms with Gasteiger partial charge >= 0.3 is 0 Å². The van der Waals surface area contributed by atoms with E-state index in [0.717, 1.165) is 55.6 Å². The van der Waals surface area contributed by atoms with Gasteiger partial charge in [-0.1, -0.05) is 118 Å². The van der Waals surface area contributed by atoms with Crippen LogP contribution in [0, 0.1) is 12.1 Å². The van der Waals surface area contributed by atoms with Gasteiger partial charge in [-0.3, -0.25) is 0 Å². The molecule has 3 nitrogen and oxygen atoms in total. The minimum atomic E-state index is -1.23. The molecule has 46 heavy (non-hydrogen) atoms. The second-order valence-corrected chi connectivity index (χ2v) is 18.5. The molecule has 233 valence electrons. The van der Waals surface area contributed by atoms with Gasteiger partial charge in [-0.05, 0) is 39.2 Å². The van der Waals surface area contributed by atoms with Gasteiger partial charge in [0.05, 0.1) is 13.7 Å². The van der Waals surface area contributed by atoms with Crippen LogP contribution in [0.5, 0.6) is 0 Å². The van der Waals surface area contributed by atoms with Gasteiger partial charge in [-0.15, -0.1) is 54.1 Å². The molecule has 0 unspecified atom stereocenters. The van der Waals surface area contributed by atoms with Gasteiger partial charge in [0, 0.05) is 43.4 Å². The molecule has 0 atom stereocenters. The second kappa shape index (κ2) is 13.7. The summed E-state index contributed by atoms with van der Waals surface area (Å²) in [5, 5.41) is 3.60. The molecule has 0 spiro atoms. The van der Waals surface area contributed by atoms with Crippen LogP contribution in [0.25, 0.3) is 55.6 Å². The fourth-order valence-electron chi connectivity index (χ4n) is 5.38. The van der Waals surface area contributed by atoms with Gasteiger partial charge in [-0.2, -0.15) is 0 Å². The molecule has 0 saturated carbocycles. The zero-order chi connectivity index (χ0) is 31.6. The maximum Gasteiger partial charge on any atom is 0.128 e.